The van der Waals surface area contributed by atoms with E-state index < -0.39 is 0 Å². The number of anilines is 2. The van der Waals surface area contributed by atoms with E-state index >= 15 is 0 Å². The van der Waals surface area contributed by atoms with Crippen LogP contribution < -0.4 is 10.2 Å². The first-order valence-electron chi connectivity index (χ1n) is 5.80. The molecule has 0 saturated heterocycles. The first kappa shape index (κ1) is 14.2. The van der Waals surface area contributed by atoms with E-state index in [0.29, 0.717) is 0 Å². The van der Waals surface area contributed by atoms with Crippen LogP contribution in [0.2, 0.25) is 0 Å². The smallest absolute Gasteiger partial charge is 0.148 e. The molecule has 1 aromatic heterocycles. The van der Waals surface area contributed by atoms with Gasteiger partial charge in [0.05, 0.1) is 0 Å². The van der Waals surface area contributed by atoms with Gasteiger partial charge in [-0.05, 0) is 28.3 Å². The third-order valence-electron chi connectivity index (χ3n) is 2.19. The van der Waals surface area contributed by atoms with Gasteiger partial charge >= 0.3 is 0 Å². The quantitative estimate of drug-likeness (QED) is 0.927. The van der Waals surface area contributed by atoms with Crippen LogP contribution in [0.5, 0.6) is 0 Å². The summed E-state index contributed by atoms with van der Waals surface area (Å²) in [5, 5.41) is 3.21. The van der Waals surface area contributed by atoms with Crippen LogP contribution >= 0.6 is 15.9 Å². The minimum absolute atomic E-state index is 0.234. The van der Waals surface area contributed by atoms with E-state index in [1.165, 1.54) is 0 Å². The van der Waals surface area contributed by atoms with E-state index in [1.54, 1.807) is 6.33 Å². The summed E-state index contributed by atoms with van der Waals surface area (Å²) < 4.78 is 0.925. The Hall–Kier alpha value is -0.840. The molecule has 96 valence electrons. The number of hydrogen-bond donors (Lipinski definition) is 1. The second kappa shape index (κ2) is 5.67. The Morgan fingerprint density at radius 1 is 1.35 bits per heavy atom. The number of hydrogen-bond acceptors (Lipinski definition) is 4. The molecule has 0 aliphatic rings. The van der Waals surface area contributed by atoms with Crippen LogP contribution in [0.1, 0.15) is 27.7 Å². The van der Waals surface area contributed by atoms with Gasteiger partial charge in [-0.3, -0.25) is 0 Å². The third-order valence-corrected chi connectivity index (χ3v) is 2.92. The van der Waals surface area contributed by atoms with E-state index in [0.717, 1.165) is 29.2 Å². The molecule has 1 rings (SSSR count). The summed E-state index contributed by atoms with van der Waals surface area (Å²) in [6, 6.07) is 0. The molecular formula is C12H21BrN4. The molecule has 5 heteroatoms. The zero-order chi connectivity index (χ0) is 13.1. The van der Waals surface area contributed by atoms with Crippen molar-refractivity contribution in [1.82, 2.24) is 9.97 Å². The Bertz CT molecular complexity index is 373. The Morgan fingerprint density at radius 3 is 2.53 bits per heavy atom. The molecule has 0 atom stereocenters. The fraction of sp³-hybridized carbons (Fsp3) is 0.667. The van der Waals surface area contributed by atoms with Crippen molar-refractivity contribution in [3.8, 4) is 0 Å². The lowest BCUT2D eigenvalue weighted by Crippen LogP contribution is -2.30. The van der Waals surface area contributed by atoms with Gasteiger partial charge in [0.1, 0.15) is 22.4 Å². The molecule has 0 bridgehead atoms. The van der Waals surface area contributed by atoms with Gasteiger partial charge in [0, 0.05) is 20.1 Å². The summed E-state index contributed by atoms with van der Waals surface area (Å²) in [4.78, 5) is 10.7. The van der Waals surface area contributed by atoms with Crippen molar-refractivity contribution in [2.45, 2.75) is 27.7 Å². The summed E-state index contributed by atoms with van der Waals surface area (Å²) in [6.45, 7) is 10.5. The fourth-order valence-corrected chi connectivity index (χ4v) is 2.35. The van der Waals surface area contributed by atoms with Gasteiger partial charge in [-0.15, -0.1) is 0 Å². The Kier molecular flexibility index (Phi) is 4.74. The van der Waals surface area contributed by atoms with Crippen LogP contribution in [-0.4, -0.2) is 30.1 Å². The van der Waals surface area contributed by atoms with Crippen LogP contribution in [0.4, 0.5) is 11.6 Å². The second-order valence-electron chi connectivity index (χ2n) is 5.31. The van der Waals surface area contributed by atoms with Gasteiger partial charge < -0.3 is 10.2 Å². The average molecular weight is 301 g/mol. The van der Waals surface area contributed by atoms with Crippen LogP contribution in [0.3, 0.4) is 0 Å². The average Bonchev–Trinajstić information content (AvgIpc) is 2.18. The molecule has 1 heterocycles. The lowest BCUT2D eigenvalue weighted by atomic mass is 9.96. The molecule has 0 radical (unpaired) electrons. The lowest BCUT2D eigenvalue weighted by Gasteiger charge is -2.28. The van der Waals surface area contributed by atoms with Crippen LogP contribution in [-0.2, 0) is 0 Å². The minimum atomic E-state index is 0.234. The Labute approximate surface area is 112 Å². The molecule has 1 N–H and O–H groups in total. The summed E-state index contributed by atoms with van der Waals surface area (Å²) in [5.74, 6) is 1.77. The first-order chi connectivity index (χ1) is 7.85. The van der Waals surface area contributed by atoms with Crippen molar-refractivity contribution in [3.63, 3.8) is 0 Å². The van der Waals surface area contributed by atoms with E-state index in [1.807, 2.05) is 14.0 Å². The van der Waals surface area contributed by atoms with Crippen molar-refractivity contribution < 1.29 is 0 Å². The predicted molar refractivity (Wildman–Crippen MR) is 76.6 cm³/mol. The van der Waals surface area contributed by atoms with E-state index in [2.05, 4.69) is 56.9 Å². The highest BCUT2D eigenvalue weighted by Gasteiger charge is 2.18. The van der Waals surface area contributed by atoms with Crippen molar-refractivity contribution in [2.75, 3.05) is 30.4 Å². The van der Waals surface area contributed by atoms with Gasteiger partial charge in [0.15, 0.2) is 0 Å². The summed E-state index contributed by atoms with van der Waals surface area (Å²) in [7, 11) is 2.05. The van der Waals surface area contributed by atoms with Gasteiger partial charge in [0.25, 0.3) is 0 Å². The number of rotatable bonds is 4. The highest BCUT2D eigenvalue weighted by molar-refractivity contribution is 9.10. The number of halogens is 1. The van der Waals surface area contributed by atoms with Crippen molar-refractivity contribution >= 4 is 27.6 Å². The monoisotopic (exact) mass is 300 g/mol. The number of aromatic nitrogens is 2. The molecule has 0 amide bonds. The molecule has 0 aliphatic heterocycles. The van der Waals surface area contributed by atoms with E-state index in [-0.39, 0.29) is 5.41 Å². The van der Waals surface area contributed by atoms with Crippen LogP contribution in [0.15, 0.2) is 10.8 Å². The van der Waals surface area contributed by atoms with Crippen molar-refractivity contribution in [1.29, 1.82) is 0 Å². The van der Waals surface area contributed by atoms with Crippen LogP contribution in [0.25, 0.3) is 0 Å². The number of nitrogens with one attached hydrogen (secondary N) is 1. The molecule has 0 saturated carbocycles. The molecular weight excluding hydrogens is 280 g/mol. The van der Waals surface area contributed by atoms with E-state index in [9.17, 15) is 0 Å². The summed E-state index contributed by atoms with van der Waals surface area (Å²) in [6.07, 6.45) is 1.59. The van der Waals surface area contributed by atoms with Crippen LogP contribution in [0, 0.1) is 5.41 Å². The maximum atomic E-state index is 4.33. The SMILES string of the molecule is CCNc1ncnc(N(C)CC(C)(C)C)c1Br. The highest BCUT2D eigenvalue weighted by atomic mass is 79.9. The van der Waals surface area contributed by atoms with Crippen molar-refractivity contribution in [2.24, 2.45) is 5.41 Å². The third kappa shape index (κ3) is 4.15. The maximum Gasteiger partial charge on any atom is 0.148 e. The molecule has 0 fully saturated rings. The maximum absolute atomic E-state index is 4.33. The van der Waals surface area contributed by atoms with Gasteiger partial charge in [0.2, 0.25) is 0 Å². The lowest BCUT2D eigenvalue weighted by molar-refractivity contribution is 0.417. The molecule has 1 aromatic rings. The molecule has 0 spiro atoms. The Morgan fingerprint density at radius 2 is 2.00 bits per heavy atom. The fourth-order valence-electron chi connectivity index (χ4n) is 1.70. The second-order valence-corrected chi connectivity index (χ2v) is 6.10. The molecule has 0 aliphatic carbocycles. The first-order valence-corrected chi connectivity index (χ1v) is 6.60. The van der Waals surface area contributed by atoms with Gasteiger partial charge in [-0.2, -0.15) is 0 Å². The predicted octanol–water partition coefficient (Wildman–Crippen LogP) is 3.15. The zero-order valence-corrected chi connectivity index (χ0v) is 12.8. The standard InChI is InChI=1S/C12H21BrN4/c1-6-14-10-9(13)11(16-8-15-10)17(5)7-12(2,3)4/h8H,6-7H2,1-5H3,(H,14,15,16). The highest BCUT2D eigenvalue weighted by Crippen LogP contribution is 2.30. The zero-order valence-electron chi connectivity index (χ0n) is 11.2. The number of nitrogens with zero attached hydrogens (tertiary/aromatic N) is 3. The van der Waals surface area contributed by atoms with Gasteiger partial charge in [-0.1, -0.05) is 20.8 Å². The molecule has 0 aromatic carbocycles. The van der Waals surface area contributed by atoms with Gasteiger partial charge in [-0.25, -0.2) is 9.97 Å². The molecule has 4 nitrogen and oxygen atoms in total. The normalized spacial score (nSPS) is 11.4. The van der Waals surface area contributed by atoms with Crippen molar-refractivity contribution in [3.05, 3.63) is 10.8 Å². The summed E-state index contributed by atoms with van der Waals surface area (Å²) >= 11 is 3.56. The molecule has 0 unspecified atom stereocenters. The topological polar surface area (TPSA) is 41.1 Å². The largest absolute Gasteiger partial charge is 0.369 e. The van der Waals surface area contributed by atoms with E-state index in [4.69, 9.17) is 0 Å². The minimum Gasteiger partial charge on any atom is -0.369 e. The summed E-state index contributed by atoms with van der Waals surface area (Å²) in [5.41, 5.74) is 0.234. The Balaban J connectivity index is 2.94. The molecule has 17 heavy (non-hydrogen) atoms.